The first kappa shape index (κ1) is 16.9. The van der Waals surface area contributed by atoms with Crippen LogP contribution in [-0.4, -0.2) is 55.7 Å². The number of hydrogen-bond donors (Lipinski definition) is 1. The number of hydrogen-bond acceptors (Lipinski definition) is 5. The van der Waals surface area contributed by atoms with Gasteiger partial charge in [0.2, 0.25) is 0 Å². The highest BCUT2D eigenvalue weighted by Gasteiger charge is 2.26. The molecule has 0 spiro atoms. The number of nitrogens with zero attached hydrogens (tertiary/aromatic N) is 2. The Kier molecular flexibility index (Phi) is 4.52. The van der Waals surface area contributed by atoms with Gasteiger partial charge >= 0.3 is 6.09 Å². The molecule has 2 aliphatic heterocycles. The van der Waals surface area contributed by atoms with Crippen LogP contribution in [0.15, 0.2) is 6.07 Å². The van der Waals surface area contributed by atoms with E-state index < -0.39 is 0 Å². The molecule has 0 aliphatic carbocycles. The molecule has 0 saturated carbocycles. The fourth-order valence-electron chi connectivity index (χ4n) is 3.61. The van der Waals surface area contributed by atoms with Crippen LogP contribution in [0.3, 0.4) is 0 Å². The van der Waals surface area contributed by atoms with Gasteiger partial charge in [0.05, 0.1) is 10.6 Å². The number of carbonyl (C=O) groups excluding carboxylic acids is 1. The van der Waals surface area contributed by atoms with Gasteiger partial charge in [-0.25, -0.2) is 4.79 Å². The van der Waals surface area contributed by atoms with Gasteiger partial charge < -0.3 is 19.9 Å². The number of benzene rings is 1. The molecule has 0 unspecified atom stereocenters. The van der Waals surface area contributed by atoms with Crippen molar-refractivity contribution in [2.45, 2.75) is 19.2 Å². The number of anilines is 1. The third-order valence-electron chi connectivity index (χ3n) is 5.14. The standard InChI is InChI=1S/C18H22ClN3O2S/c1-11-15(10-19)25-17-14(9-13-12(16(11)17)3-4-20-13)24-18(23)22-7-5-21(2)6-8-22/h9,20H,3-8,10H2,1-2H3. The maximum absolute atomic E-state index is 12.6. The number of likely N-dealkylation sites (N-methyl/N-ethyl adjacent to an activating group) is 1. The lowest BCUT2D eigenvalue weighted by atomic mass is 10.0. The first-order valence-electron chi connectivity index (χ1n) is 8.61. The summed E-state index contributed by atoms with van der Waals surface area (Å²) in [4.78, 5) is 17.8. The van der Waals surface area contributed by atoms with Crippen molar-refractivity contribution in [3.63, 3.8) is 0 Å². The number of aryl methyl sites for hydroxylation is 1. The van der Waals surface area contributed by atoms with Gasteiger partial charge in [-0.1, -0.05) is 0 Å². The Morgan fingerprint density at radius 2 is 2.12 bits per heavy atom. The Bertz CT molecular complexity index is 828. The highest BCUT2D eigenvalue weighted by Crippen LogP contribution is 2.45. The van der Waals surface area contributed by atoms with Gasteiger partial charge in [-0.2, -0.15) is 0 Å². The van der Waals surface area contributed by atoms with Crippen LogP contribution in [0.4, 0.5) is 10.5 Å². The lowest BCUT2D eigenvalue weighted by Crippen LogP contribution is -2.48. The van der Waals surface area contributed by atoms with E-state index in [1.54, 1.807) is 16.2 Å². The molecule has 3 heterocycles. The number of alkyl halides is 1. The predicted molar refractivity (Wildman–Crippen MR) is 103 cm³/mol. The number of nitrogens with one attached hydrogen (secondary N) is 1. The largest absolute Gasteiger partial charge is 0.415 e. The first-order chi connectivity index (χ1) is 12.1. The van der Waals surface area contributed by atoms with E-state index in [-0.39, 0.29) is 6.09 Å². The zero-order chi connectivity index (χ0) is 17.6. The van der Waals surface area contributed by atoms with E-state index in [1.165, 1.54) is 16.5 Å². The number of fused-ring (bicyclic) bond motifs is 3. The SMILES string of the molecule is Cc1c(CCl)sc2c(OC(=O)N3CCN(C)CC3)cc3c(c12)CCN3. The highest BCUT2D eigenvalue weighted by atomic mass is 35.5. The van der Waals surface area contributed by atoms with Gasteiger partial charge in [0.15, 0.2) is 5.75 Å². The molecule has 1 saturated heterocycles. The van der Waals surface area contributed by atoms with Crippen LogP contribution in [0, 0.1) is 6.92 Å². The maximum Gasteiger partial charge on any atom is 0.415 e. The summed E-state index contributed by atoms with van der Waals surface area (Å²) in [5.41, 5.74) is 3.61. The first-order valence-corrected chi connectivity index (χ1v) is 9.96. The van der Waals surface area contributed by atoms with E-state index in [0.717, 1.165) is 41.3 Å². The summed E-state index contributed by atoms with van der Waals surface area (Å²) in [6.07, 6.45) is 0.739. The van der Waals surface area contributed by atoms with E-state index in [1.807, 2.05) is 6.07 Å². The number of thiophene rings is 1. The minimum absolute atomic E-state index is 0.258. The topological polar surface area (TPSA) is 44.8 Å². The Morgan fingerprint density at radius 3 is 2.84 bits per heavy atom. The minimum Gasteiger partial charge on any atom is -0.409 e. The summed E-state index contributed by atoms with van der Waals surface area (Å²) < 4.78 is 6.88. The van der Waals surface area contributed by atoms with E-state index in [2.05, 4.69) is 24.2 Å². The molecule has 4 rings (SSSR count). The monoisotopic (exact) mass is 379 g/mol. The maximum atomic E-state index is 12.6. The van der Waals surface area contributed by atoms with E-state index >= 15 is 0 Å². The smallest absolute Gasteiger partial charge is 0.409 e. The van der Waals surface area contributed by atoms with Crippen molar-refractivity contribution in [2.75, 3.05) is 45.1 Å². The molecule has 1 aromatic carbocycles. The van der Waals surface area contributed by atoms with Gasteiger partial charge in [-0.15, -0.1) is 22.9 Å². The summed E-state index contributed by atoms with van der Waals surface area (Å²) >= 11 is 7.76. The van der Waals surface area contributed by atoms with Gasteiger partial charge in [0.1, 0.15) is 0 Å². The fourth-order valence-corrected chi connectivity index (χ4v) is 5.11. The third-order valence-corrected chi connectivity index (χ3v) is 6.87. The number of amides is 1. The molecule has 134 valence electrons. The number of piperazine rings is 1. The Morgan fingerprint density at radius 1 is 1.36 bits per heavy atom. The quantitative estimate of drug-likeness (QED) is 0.809. The Balaban J connectivity index is 1.70. The van der Waals surface area contributed by atoms with Crippen LogP contribution in [0.2, 0.25) is 0 Å². The summed E-state index contributed by atoms with van der Waals surface area (Å²) in [5, 5.41) is 4.62. The van der Waals surface area contributed by atoms with Crippen molar-refractivity contribution in [3.8, 4) is 5.75 Å². The minimum atomic E-state index is -0.258. The number of halogens is 1. The molecular formula is C18H22ClN3O2S. The summed E-state index contributed by atoms with van der Waals surface area (Å²) in [6, 6.07) is 1.98. The Hall–Kier alpha value is -1.50. The third kappa shape index (κ3) is 2.96. The van der Waals surface area contributed by atoms with Crippen LogP contribution in [0.1, 0.15) is 16.0 Å². The second kappa shape index (κ2) is 6.67. The van der Waals surface area contributed by atoms with Gasteiger partial charge in [-0.3, -0.25) is 0 Å². The van der Waals surface area contributed by atoms with Crippen molar-refractivity contribution in [1.82, 2.24) is 9.80 Å². The van der Waals surface area contributed by atoms with Gasteiger partial charge in [0, 0.05) is 54.7 Å². The molecule has 25 heavy (non-hydrogen) atoms. The molecule has 5 nitrogen and oxygen atoms in total. The molecule has 1 N–H and O–H groups in total. The number of carbonyl (C=O) groups is 1. The van der Waals surface area contributed by atoms with Crippen LogP contribution in [0.25, 0.3) is 10.1 Å². The van der Waals surface area contributed by atoms with Crippen molar-refractivity contribution in [3.05, 3.63) is 22.1 Å². The molecule has 7 heteroatoms. The summed E-state index contributed by atoms with van der Waals surface area (Å²) in [7, 11) is 2.07. The number of ether oxygens (including phenoxy) is 1. The highest BCUT2D eigenvalue weighted by molar-refractivity contribution is 7.19. The second-order valence-corrected chi connectivity index (χ2v) is 8.10. The average Bonchev–Trinajstić information content (AvgIpc) is 3.19. The number of rotatable bonds is 2. The van der Waals surface area contributed by atoms with Gasteiger partial charge in [-0.05, 0) is 31.5 Å². The van der Waals surface area contributed by atoms with Crippen molar-refractivity contribution in [2.24, 2.45) is 0 Å². The molecule has 0 bridgehead atoms. The molecule has 1 aromatic heterocycles. The summed E-state index contributed by atoms with van der Waals surface area (Å²) in [6.45, 7) is 6.21. The Labute approximate surface area is 156 Å². The second-order valence-electron chi connectivity index (χ2n) is 6.72. The lowest BCUT2D eigenvalue weighted by molar-refractivity contribution is 0.121. The van der Waals surface area contributed by atoms with E-state index in [0.29, 0.717) is 24.7 Å². The van der Waals surface area contributed by atoms with E-state index in [4.69, 9.17) is 16.3 Å². The zero-order valence-electron chi connectivity index (χ0n) is 14.5. The van der Waals surface area contributed by atoms with Crippen LogP contribution >= 0.6 is 22.9 Å². The predicted octanol–water partition coefficient (Wildman–Crippen LogP) is 3.66. The normalized spacial score (nSPS) is 17.6. The van der Waals surface area contributed by atoms with Gasteiger partial charge in [0.25, 0.3) is 0 Å². The molecule has 2 aromatic rings. The average molecular weight is 380 g/mol. The molecular weight excluding hydrogens is 358 g/mol. The molecule has 2 aliphatic rings. The van der Waals surface area contributed by atoms with Crippen LogP contribution in [0.5, 0.6) is 5.75 Å². The van der Waals surface area contributed by atoms with Crippen molar-refractivity contribution >= 4 is 44.8 Å². The van der Waals surface area contributed by atoms with Crippen LogP contribution in [-0.2, 0) is 12.3 Å². The summed E-state index contributed by atoms with van der Waals surface area (Å²) in [5.74, 6) is 1.13. The molecule has 1 fully saturated rings. The molecule has 1 amide bonds. The lowest BCUT2D eigenvalue weighted by Gasteiger charge is -2.31. The van der Waals surface area contributed by atoms with Crippen molar-refractivity contribution < 1.29 is 9.53 Å². The fraction of sp³-hybridized carbons (Fsp3) is 0.500. The molecule has 0 atom stereocenters. The molecule has 0 radical (unpaired) electrons. The van der Waals surface area contributed by atoms with Crippen molar-refractivity contribution in [1.29, 1.82) is 0 Å². The van der Waals surface area contributed by atoms with Crippen LogP contribution < -0.4 is 10.1 Å². The zero-order valence-corrected chi connectivity index (χ0v) is 16.1. The van der Waals surface area contributed by atoms with E-state index in [9.17, 15) is 4.79 Å².